The Labute approximate surface area is 226 Å². The highest BCUT2D eigenvalue weighted by atomic mass is 35.5. The zero-order chi connectivity index (χ0) is 27.4. The average Bonchev–Trinajstić information content (AvgIpc) is 2.89. The van der Waals surface area contributed by atoms with E-state index in [4.69, 9.17) is 16.3 Å². The molecule has 0 amide bonds. The summed E-state index contributed by atoms with van der Waals surface area (Å²) >= 11 is 6.19. The van der Waals surface area contributed by atoms with E-state index in [0.717, 1.165) is 13.1 Å². The highest BCUT2D eigenvalue weighted by Crippen LogP contribution is 2.38. The van der Waals surface area contributed by atoms with Gasteiger partial charge >= 0.3 is 0 Å². The van der Waals surface area contributed by atoms with E-state index in [-0.39, 0.29) is 10.6 Å². The lowest BCUT2D eigenvalue weighted by Gasteiger charge is -2.26. The molecule has 0 aliphatic carbocycles. The first-order valence-electron chi connectivity index (χ1n) is 12.0. The smallest absolute Gasteiger partial charge is 0.269 e. The van der Waals surface area contributed by atoms with Crippen molar-refractivity contribution >= 4 is 49.6 Å². The molecule has 4 aromatic rings. The molecule has 9 nitrogen and oxygen atoms in total. The molecule has 0 aliphatic heterocycles. The number of nitro groups is 1. The number of nitro benzene ring substituents is 1. The van der Waals surface area contributed by atoms with Crippen LogP contribution in [0.25, 0.3) is 10.9 Å². The maximum absolute atomic E-state index is 14.1. The number of sulfonamides is 1. The summed E-state index contributed by atoms with van der Waals surface area (Å²) in [5, 5.41) is 12.2. The van der Waals surface area contributed by atoms with Gasteiger partial charge in [-0.05, 0) is 80.7 Å². The van der Waals surface area contributed by atoms with Crippen molar-refractivity contribution in [3.63, 3.8) is 0 Å². The third-order valence-corrected chi connectivity index (χ3v) is 8.05. The molecule has 0 N–H and O–H groups in total. The fourth-order valence-electron chi connectivity index (χ4n) is 3.98. The van der Waals surface area contributed by atoms with Gasteiger partial charge in [-0.3, -0.25) is 20.0 Å². The number of rotatable bonds is 10. The molecule has 4 rings (SSSR count). The Morgan fingerprint density at radius 3 is 2.24 bits per heavy atom. The number of aromatic nitrogens is 1. The number of halogens is 1. The minimum absolute atomic E-state index is 0.0958. The highest BCUT2D eigenvalue weighted by molar-refractivity contribution is 7.93. The molecule has 0 aliphatic rings. The number of pyridine rings is 1. The maximum atomic E-state index is 14.1. The molecule has 198 valence electrons. The van der Waals surface area contributed by atoms with E-state index in [9.17, 15) is 18.5 Å². The quantitative estimate of drug-likeness (QED) is 0.128. The van der Waals surface area contributed by atoms with Gasteiger partial charge in [0, 0.05) is 28.2 Å². The van der Waals surface area contributed by atoms with Crippen LogP contribution in [0.1, 0.15) is 19.5 Å². The number of aryl methyl sites for hydroxylation is 1. The fourth-order valence-corrected chi connectivity index (χ4v) is 5.65. The van der Waals surface area contributed by atoms with Crippen molar-refractivity contribution in [3.05, 3.63) is 93.6 Å². The zero-order valence-electron chi connectivity index (χ0n) is 21.2. The van der Waals surface area contributed by atoms with Gasteiger partial charge in [-0.15, -0.1) is 0 Å². The van der Waals surface area contributed by atoms with Gasteiger partial charge in [0.1, 0.15) is 12.5 Å². The standard InChI is InChI=1S/C27H27ClN4O5S/c1-4-30(5-2)18-37-23-11-7-21(8-12-23)31(38(35,36)24-13-9-22(10-14-24)32(33)34)27-16-19(3)29-26-17-20(28)6-15-25(26)27/h6-17H,4-5,18H2,1-3H3. The van der Waals surface area contributed by atoms with Crippen LogP contribution < -0.4 is 9.04 Å². The molecule has 0 atom stereocenters. The Kier molecular flexibility index (Phi) is 8.15. The van der Waals surface area contributed by atoms with E-state index in [2.05, 4.69) is 9.88 Å². The van der Waals surface area contributed by atoms with Crippen LogP contribution in [0.4, 0.5) is 17.1 Å². The van der Waals surface area contributed by atoms with Gasteiger partial charge in [0.2, 0.25) is 0 Å². The van der Waals surface area contributed by atoms with Gasteiger partial charge in [0.05, 0.1) is 26.7 Å². The summed E-state index contributed by atoms with van der Waals surface area (Å²) in [5.41, 5.74) is 1.66. The Bertz CT molecular complexity index is 1550. The largest absolute Gasteiger partial charge is 0.478 e. The Morgan fingerprint density at radius 1 is 0.974 bits per heavy atom. The van der Waals surface area contributed by atoms with Crippen LogP contribution in [0.15, 0.2) is 77.7 Å². The zero-order valence-corrected chi connectivity index (χ0v) is 22.7. The molecule has 38 heavy (non-hydrogen) atoms. The number of benzene rings is 3. The van der Waals surface area contributed by atoms with E-state index < -0.39 is 14.9 Å². The molecule has 0 spiro atoms. The first-order chi connectivity index (χ1) is 18.1. The number of fused-ring (bicyclic) bond motifs is 1. The Morgan fingerprint density at radius 2 is 1.63 bits per heavy atom. The maximum Gasteiger partial charge on any atom is 0.269 e. The lowest BCUT2D eigenvalue weighted by Crippen LogP contribution is -2.28. The minimum Gasteiger partial charge on any atom is -0.478 e. The summed E-state index contributed by atoms with van der Waals surface area (Å²) in [6, 6.07) is 18.3. The average molecular weight is 555 g/mol. The van der Waals surface area contributed by atoms with Gasteiger partial charge in [-0.25, -0.2) is 12.7 Å². The van der Waals surface area contributed by atoms with Crippen molar-refractivity contribution in [1.82, 2.24) is 9.88 Å². The molecule has 0 unspecified atom stereocenters. The van der Waals surface area contributed by atoms with Crippen LogP contribution in [-0.4, -0.2) is 43.0 Å². The summed E-state index contributed by atoms with van der Waals surface area (Å²) in [7, 11) is -4.21. The summed E-state index contributed by atoms with van der Waals surface area (Å²) in [6.07, 6.45) is 0. The predicted molar refractivity (Wildman–Crippen MR) is 149 cm³/mol. The van der Waals surface area contributed by atoms with Crippen molar-refractivity contribution in [3.8, 4) is 5.75 Å². The number of non-ortho nitro benzene ring substituents is 1. The molecule has 1 aromatic heterocycles. The molecule has 3 aromatic carbocycles. The van der Waals surface area contributed by atoms with E-state index in [0.29, 0.717) is 45.5 Å². The van der Waals surface area contributed by atoms with Gasteiger partial charge < -0.3 is 4.74 Å². The van der Waals surface area contributed by atoms with E-state index in [1.807, 2.05) is 13.8 Å². The van der Waals surface area contributed by atoms with E-state index in [1.54, 1.807) is 55.5 Å². The molecule has 11 heteroatoms. The van der Waals surface area contributed by atoms with Crippen molar-refractivity contribution < 1.29 is 18.1 Å². The molecule has 0 radical (unpaired) electrons. The van der Waals surface area contributed by atoms with Gasteiger partial charge in [0.15, 0.2) is 0 Å². The number of anilines is 2. The minimum atomic E-state index is -4.21. The van der Waals surface area contributed by atoms with Crippen LogP contribution in [0.5, 0.6) is 5.75 Å². The first kappa shape index (κ1) is 27.3. The van der Waals surface area contributed by atoms with Gasteiger partial charge in [-0.2, -0.15) is 0 Å². The second-order valence-electron chi connectivity index (χ2n) is 8.54. The molecular formula is C27H27ClN4O5S. The SMILES string of the molecule is CCN(CC)COc1ccc(N(c2cc(C)nc3cc(Cl)ccc23)S(=O)(=O)c2ccc([N+](=O)[O-])cc2)cc1. The van der Waals surface area contributed by atoms with Crippen LogP contribution in [0.2, 0.25) is 5.02 Å². The molecule has 0 saturated carbocycles. The lowest BCUT2D eigenvalue weighted by molar-refractivity contribution is -0.384. The van der Waals surface area contributed by atoms with E-state index >= 15 is 0 Å². The number of nitrogens with zero attached hydrogens (tertiary/aromatic N) is 4. The van der Waals surface area contributed by atoms with Gasteiger partial charge in [-0.1, -0.05) is 25.4 Å². The fraction of sp³-hybridized carbons (Fsp3) is 0.222. The highest BCUT2D eigenvalue weighted by Gasteiger charge is 2.29. The summed E-state index contributed by atoms with van der Waals surface area (Å²) in [6.45, 7) is 7.95. The van der Waals surface area contributed by atoms with Crippen molar-refractivity contribution in [2.75, 3.05) is 24.1 Å². The second kappa shape index (κ2) is 11.3. The lowest BCUT2D eigenvalue weighted by atomic mass is 10.1. The molecule has 0 bridgehead atoms. The number of hydrogen-bond donors (Lipinski definition) is 0. The Hall–Kier alpha value is -3.73. The normalized spacial score (nSPS) is 11.6. The molecule has 0 saturated heterocycles. The summed E-state index contributed by atoms with van der Waals surface area (Å²) < 4.78 is 35.3. The van der Waals surface area contributed by atoms with Crippen LogP contribution in [0.3, 0.4) is 0 Å². The first-order valence-corrected chi connectivity index (χ1v) is 13.8. The number of ether oxygens (including phenoxy) is 1. The van der Waals surface area contributed by atoms with Gasteiger partial charge in [0.25, 0.3) is 15.7 Å². The predicted octanol–water partition coefficient (Wildman–Crippen LogP) is 6.31. The summed E-state index contributed by atoms with van der Waals surface area (Å²) in [4.78, 5) is 17.1. The Balaban J connectivity index is 1.85. The van der Waals surface area contributed by atoms with Crippen molar-refractivity contribution in [1.29, 1.82) is 0 Å². The summed E-state index contributed by atoms with van der Waals surface area (Å²) in [5.74, 6) is 0.593. The van der Waals surface area contributed by atoms with Crippen molar-refractivity contribution in [2.24, 2.45) is 0 Å². The van der Waals surface area contributed by atoms with Crippen LogP contribution in [-0.2, 0) is 10.0 Å². The monoisotopic (exact) mass is 554 g/mol. The van der Waals surface area contributed by atoms with Crippen LogP contribution in [0, 0.1) is 17.0 Å². The third kappa shape index (κ3) is 5.72. The second-order valence-corrected chi connectivity index (χ2v) is 10.8. The topological polar surface area (TPSA) is 106 Å². The van der Waals surface area contributed by atoms with Crippen molar-refractivity contribution in [2.45, 2.75) is 25.7 Å². The van der Waals surface area contributed by atoms with Crippen LogP contribution >= 0.6 is 11.6 Å². The molecule has 1 heterocycles. The molecule has 0 fully saturated rings. The number of hydrogen-bond acceptors (Lipinski definition) is 7. The van der Waals surface area contributed by atoms with E-state index in [1.165, 1.54) is 28.6 Å². The third-order valence-electron chi connectivity index (χ3n) is 6.06. The molecular weight excluding hydrogens is 528 g/mol.